The lowest BCUT2D eigenvalue weighted by Gasteiger charge is -2.22. The molecular formula is C19H18N2O2. The van der Waals surface area contributed by atoms with Gasteiger partial charge in [-0.25, -0.2) is 0 Å². The first-order chi connectivity index (χ1) is 11.2. The predicted octanol–water partition coefficient (Wildman–Crippen LogP) is 4.01. The molecule has 0 radical (unpaired) electrons. The molecule has 4 nitrogen and oxygen atoms in total. The molecule has 0 unspecified atom stereocenters. The predicted molar refractivity (Wildman–Crippen MR) is 92.1 cm³/mol. The summed E-state index contributed by atoms with van der Waals surface area (Å²) in [5.41, 5.74) is 13.9. The minimum absolute atomic E-state index is 0.554. The van der Waals surface area contributed by atoms with Crippen molar-refractivity contribution in [2.45, 2.75) is 6.29 Å². The molecule has 116 valence electrons. The fraction of sp³-hybridized carbons (Fsp3) is 0.0526. The van der Waals surface area contributed by atoms with Crippen LogP contribution in [0.1, 0.15) is 11.9 Å². The topological polar surface area (TPSA) is 70.5 Å². The summed E-state index contributed by atoms with van der Waals surface area (Å²) in [6.07, 6.45) is -0.648. The second-order valence-electron chi connectivity index (χ2n) is 5.05. The van der Waals surface area contributed by atoms with E-state index in [4.69, 9.17) is 20.9 Å². The summed E-state index contributed by atoms with van der Waals surface area (Å²) >= 11 is 0. The number of anilines is 2. The smallest absolute Gasteiger partial charge is 0.267 e. The Hall–Kier alpha value is -3.14. The molecule has 0 aliphatic rings. The molecule has 23 heavy (non-hydrogen) atoms. The SMILES string of the molecule is Nc1ccccc1OC(Oc1ccccc1N)c1ccccc1. The molecule has 4 heteroatoms. The monoisotopic (exact) mass is 306 g/mol. The van der Waals surface area contributed by atoms with E-state index in [2.05, 4.69) is 0 Å². The van der Waals surface area contributed by atoms with E-state index in [9.17, 15) is 0 Å². The third-order valence-electron chi connectivity index (χ3n) is 3.38. The minimum atomic E-state index is -0.648. The van der Waals surface area contributed by atoms with Gasteiger partial charge in [0.15, 0.2) is 0 Å². The highest BCUT2D eigenvalue weighted by atomic mass is 16.7. The fourth-order valence-corrected chi connectivity index (χ4v) is 2.18. The standard InChI is InChI=1S/C19H18N2O2/c20-15-10-4-6-12-17(15)22-19(14-8-2-1-3-9-14)23-18-13-7-5-11-16(18)21/h1-13,19H,20-21H2. The van der Waals surface area contributed by atoms with Crippen LogP contribution in [-0.4, -0.2) is 0 Å². The summed E-state index contributed by atoms with van der Waals surface area (Å²) in [6, 6.07) is 24.3. The normalized spacial score (nSPS) is 10.5. The van der Waals surface area contributed by atoms with Gasteiger partial charge in [-0.05, 0) is 24.3 Å². The van der Waals surface area contributed by atoms with Crippen LogP contribution in [0.3, 0.4) is 0 Å². The zero-order valence-electron chi connectivity index (χ0n) is 12.6. The summed E-state index contributed by atoms with van der Waals surface area (Å²) in [5.74, 6) is 1.13. The third-order valence-corrected chi connectivity index (χ3v) is 3.38. The van der Waals surface area contributed by atoms with Crippen LogP contribution in [0.25, 0.3) is 0 Å². The molecule has 0 amide bonds. The van der Waals surface area contributed by atoms with Crippen molar-refractivity contribution in [1.82, 2.24) is 0 Å². The van der Waals surface area contributed by atoms with Gasteiger partial charge in [0.2, 0.25) is 0 Å². The van der Waals surface area contributed by atoms with Crippen molar-refractivity contribution in [2.75, 3.05) is 11.5 Å². The summed E-state index contributed by atoms with van der Waals surface area (Å²) in [4.78, 5) is 0. The number of benzene rings is 3. The van der Waals surface area contributed by atoms with E-state index in [0.29, 0.717) is 22.9 Å². The Morgan fingerprint density at radius 3 is 1.48 bits per heavy atom. The minimum Gasteiger partial charge on any atom is -0.448 e. The molecule has 0 spiro atoms. The number of ether oxygens (including phenoxy) is 2. The number of rotatable bonds is 5. The van der Waals surface area contributed by atoms with Gasteiger partial charge in [-0.3, -0.25) is 0 Å². The average Bonchev–Trinajstić information content (AvgIpc) is 2.59. The van der Waals surface area contributed by atoms with Gasteiger partial charge >= 0.3 is 0 Å². The molecule has 0 bridgehead atoms. The van der Waals surface area contributed by atoms with Crippen molar-refractivity contribution >= 4 is 11.4 Å². The fourth-order valence-electron chi connectivity index (χ4n) is 2.18. The molecule has 0 atom stereocenters. The Morgan fingerprint density at radius 2 is 1.00 bits per heavy atom. The van der Waals surface area contributed by atoms with Gasteiger partial charge in [0.1, 0.15) is 11.5 Å². The van der Waals surface area contributed by atoms with Crippen LogP contribution in [0.5, 0.6) is 11.5 Å². The van der Waals surface area contributed by atoms with E-state index in [0.717, 1.165) is 5.56 Å². The van der Waals surface area contributed by atoms with Gasteiger partial charge in [0.05, 0.1) is 11.4 Å². The summed E-state index contributed by atoms with van der Waals surface area (Å²) < 4.78 is 12.0. The van der Waals surface area contributed by atoms with Gasteiger partial charge in [-0.1, -0.05) is 54.6 Å². The highest BCUT2D eigenvalue weighted by molar-refractivity contribution is 5.53. The number of hydrogen-bond donors (Lipinski definition) is 2. The van der Waals surface area contributed by atoms with Gasteiger partial charge < -0.3 is 20.9 Å². The maximum Gasteiger partial charge on any atom is 0.267 e. The van der Waals surface area contributed by atoms with E-state index in [1.807, 2.05) is 66.7 Å². The third kappa shape index (κ3) is 3.55. The van der Waals surface area contributed by atoms with Crippen LogP contribution in [0.4, 0.5) is 11.4 Å². The molecule has 3 rings (SSSR count). The quantitative estimate of drug-likeness (QED) is 0.552. The molecule has 0 heterocycles. The molecule has 0 saturated heterocycles. The molecule has 0 aromatic heterocycles. The summed E-state index contributed by atoms with van der Waals surface area (Å²) in [7, 11) is 0. The van der Waals surface area contributed by atoms with Crippen LogP contribution < -0.4 is 20.9 Å². The van der Waals surface area contributed by atoms with Crippen LogP contribution in [0.15, 0.2) is 78.9 Å². The Balaban J connectivity index is 1.91. The number of para-hydroxylation sites is 4. The Labute approximate surface area is 135 Å². The first kappa shape index (κ1) is 14.8. The molecule has 0 aliphatic carbocycles. The van der Waals surface area contributed by atoms with E-state index >= 15 is 0 Å². The van der Waals surface area contributed by atoms with Crippen molar-refractivity contribution in [3.8, 4) is 11.5 Å². The molecule has 3 aromatic carbocycles. The largest absolute Gasteiger partial charge is 0.448 e. The maximum absolute atomic E-state index is 5.99. The van der Waals surface area contributed by atoms with E-state index < -0.39 is 6.29 Å². The van der Waals surface area contributed by atoms with E-state index in [-0.39, 0.29) is 0 Å². The lowest BCUT2D eigenvalue weighted by molar-refractivity contribution is 0.00501. The van der Waals surface area contributed by atoms with Gasteiger partial charge in [-0.15, -0.1) is 0 Å². The van der Waals surface area contributed by atoms with Crippen LogP contribution >= 0.6 is 0 Å². The first-order valence-electron chi connectivity index (χ1n) is 7.31. The highest BCUT2D eigenvalue weighted by Gasteiger charge is 2.17. The summed E-state index contributed by atoms with van der Waals surface area (Å²) in [6.45, 7) is 0. The Kier molecular flexibility index (Phi) is 4.34. The first-order valence-corrected chi connectivity index (χ1v) is 7.31. The highest BCUT2D eigenvalue weighted by Crippen LogP contribution is 2.31. The second-order valence-corrected chi connectivity index (χ2v) is 5.05. The zero-order valence-corrected chi connectivity index (χ0v) is 12.6. The van der Waals surface area contributed by atoms with Gasteiger partial charge in [-0.2, -0.15) is 0 Å². The number of nitrogen functional groups attached to an aromatic ring is 2. The van der Waals surface area contributed by atoms with Crippen molar-refractivity contribution < 1.29 is 9.47 Å². The molecule has 0 saturated carbocycles. The van der Waals surface area contributed by atoms with Gasteiger partial charge in [0.25, 0.3) is 6.29 Å². The number of hydrogen-bond acceptors (Lipinski definition) is 4. The van der Waals surface area contributed by atoms with Crippen LogP contribution in [-0.2, 0) is 0 Å². The maximum atomic E-state index is 5.99. The summed E-state index contributed by atoms with van der Waals surface area (Å²) in [5, 5.41) is 0. The van der Waals surface area contributed by atoms with Crippen molar-refractivity contribution in [1.29, 1.82) is 0 Å². The zero-order chi connectivity index (χ0) is 16.1. The van der Waals surface area contributed by atoms with Crippen LogP contribution in [0.2, 0.25) is 0 Å². The molecule has 4 N–H and O–H groups in total. The van der Waals surface area contributed by atoms with Crippen molar-refractivity contribution in [3.63, 3.8) is 0 Å². The lowest BCUT2D eigenvalue weighted by Crippen LogP contribution is -2.16. The molecular weight excluding hydrogens is 288 g/mol. The number of nitrogens with two attached hydrogens (primary N) is 2. The Morgan fingerprint density at radius 1 is 0.565 bits per heavy atom. The average molecular weight is 306 g/mol. The van der Waals surface area contributed by atoms with E-state index in [1.165, 1.54) is 0 Å². The van der Waals surface area contributed by atoms with Crippen molar-refractivity contribution in [2.24, 2.45) is 0 Å². The Bertz CT molecular complexity index is 728. The van der Waals surface area contributed by atoms with Gasteiger partial charge in [0, 0.05) is 5.56 Å². The van der Waals surface area contributed by atoms with E-state index in [1.54, 1.807) is 12.1 Å². The van der Waals surface area contributed by atoms with Crippen LogP contribution in [0, 0.1) is 0 Å². The lowest BCUT2D eigenvalue weighted by atomic mass is 10.2. The molecule has 3 aromatic rings. The molecule has 0 fully saturated rings. The second kappa shape index (κ2) is 6.75. The molecule has 0 aliphatic heterocycles. The van der Waals surface area contributed by atoms with Crippen molar-refractivity contribution in [3.05, 3.63) is 84.4 Å².